The van der Waals surface area contributed by atoms with Gasteiger partial charge < -0.3 is 15.7 Å². The SMILES string of the molecule is CC(CCO)CNCC(=O)Nc1c(F)cccc1F. The Morgan fingerprint density at radius 2 is 2.00 bits per heavy atom. The Balaban J connectivity index is 2.39. The first-order chi connectivity index (χ1) is 9.04. The summed E-state index contributed by atoms with van der Waals surface area (Å²) in [7, 11) is 0. The van der Waals surface area contributed by atoms with Gasteiger partial charge in [-0.2, -0.15) is 0 Å². The molecule has 106 valence electrons. The molecule has 0 bridgehead atoms. The standard InChI is InChI=1S/C13H18F2N2O2/c1-9(5-6-18)7-16-8-12(19)17-13-10(14)3-2-4-11(13)15/h2-4,9,16,18H,5-8H2,1H3,(H,17,19). The number of nitrogens with one attached hydrogen (secondary N) is 2. The van der Waals surface area contributed by atoms with E-state index >= 15 is 0 Å². The molecule has 1 aromatic carbocycles. The number of para-hydroxylation sites is 1. The largest absolute Gasteiger partial charge is 0.396 e. The van der Waals surface area contributed by atoms with Crippen molar-refractivity contribution in [1.29, 1.82) is 0 Å². The number of carbonyl (C=O) groups excluding carboxylic acids is 1. The van der Waals surface area contributed by atoms with E-state index in [4.69, 9.17) is 5.11 Å². The van der Waals surface area contributed by atoms with Gasteiger partial charge >= 0.3 is 0 Å². The van der Waals surface area contributed by atoms with Crippen molar-refractivity contribution in [2.45, 2.75) is 13.3 Å². The van der Waals surface area contributed by atoms with Crippen LogP contribution in [0, 0.1) is 17.6 Å². The Morgan fingerprint density at radius 1 is 1.37 bits per heavy atom. The fourth-order valence-electron chi connectivity index (χ4n) is 1.56. The van der Waals surface area contributed by atoms with Gasteiger partial charge in [0.15, 0.2) is 0 Å². The number of anilines is 1. The lowest BCUT2D eigenvalue weighted by Crippen LogP contribution is -2.31. The molecule has 0 heterocycles. The lowest BCUT2D eigenvalue weighted by Gasteiger charge is -2.11. The third kappa shape index (κ3) is 5.32. The van der Waals surface area contributed by atoms with Crippen molar-refractivity contribution in [1.82, 2.24) is 5.32 Å². The molecule has 0 spiro atoms. The van der Waals surface area contributed by atoms with Crippen LogP contribution in [0.25, 0.3) is 0 Å². The van der Waals surface area contributed by atoms with Crippen LogP contribution < -0.4 is 10.6 Å². The van der Waals surface area contributed by atoms with Gasteiger partial charge in [0.25, 0.3) is 0 Å². The highest BCUT2D eigenvalue weighted by atomic mass is 19.1. The lowest BCUT2D eigenvalue weighted by molar-refractivity contribution is -0.115. The molecule has 0 aliphatic rings. The topological polar surface area (TPSA) is 61.4 Å². The third-order valence-corrected chi connectivity index (χ3v) is 2.63. The summed E-state index contributed by atoms with van der Waals surface area (Å²) in [5.74, 6) is -1.90. The summed E-state index contributed by atoms with van der Waals surface area (Å²) in [4.78, 5) is 11.5. The van der Waals surface area contributed by atoms with E-state index in [2.05, 4.69) is 10.6 Å². The van der Waals surface area contributed by atoms with Crippen LogP contribution in [-0.2, 0) is 4.79 Å². The van der Waals surface area contributed by atoms with Gasteiger partial charge in [-0.15, -0.1) is 0 Å². The van der Waals surface area contributed by atoms with Crippen LogP contribution >= 0.6 is 0 Å². The van der Waals surface area contributed by atoms with Crippen molar-refractivity contribution < 1.29 is 18.7 Å². The van der Waals surface area contributed by atoms with E-state index in [-0.39, 0.29) is 19.1 Å². The minimum absolute atomic E-state index is 0.0382. The molecule has 0 aliphatic heterocycles. The maximum absolute atomic E-state index is 13.3. The van der Waals surface area contributed by atoms with Crippen molar-refractivity contribution in [2.24, 2.45) is 5.92 Å². The lowest BCUT2D eigenvalue weighted by atomic mass is 10.1. The Hall–Kier alpha value is -1.53. The molecule has 1 unspecified atom stereocenters. The predicted molar refractivity (Wildman–Crippen MR) is 68.7 cm³/mol. The summed E-state index contributed by atoms with van der Waals surface area (Å²) in [5.41, 5.74) is -0.433. The minimum Gasteiger partial charge on any atom is -0.396 e. The average Bonchev–Trinajstić information content (AvgIpc) is 2.34. The number of benzene rings is 1. The molecule has 0 aliphatic carbocycles. The molecule has 0 fully saturated rings. The normalized spacial score (nSPS) is 12.2. The molecular formula is C13H18F2N2O2. The first kappa shape index (κ1) is 15.5. The molecule has 6 heteroatoms. The van der Waals surface area contributed by atoms with Gasteiger partial charge in [0.1, 0.15) is 17.3 Å². The second-order valence-corrected chi connectivity index (χ2v) is 4.39. The highest BCUT2D eigenvalue weighted by Gasteiger charge is 2.11. The van der Waals surface area contributed by atoms with Crippen LogP contribution in [0.4, 0.5) is 14.5 Å². The summed E-state index contributed by atoms with van der Waals surface area (Å²) in [5, 5.41) is 13.8. The summed E-state index contributed by atoms with van der Waals surface area (Å²) in [6.45, 7) is 2.53. The number of aliphatic hydroxyl groups is 1. The Labute approximate surface area is 110 Å². The zero-order valence-corrected chi connectivity index (χ0v) is 10.7. The summed E-state index contributed by atoms with van der Waals surface area (Å²) in [6, 6.07) is 3.39. The Morgan fingerprint density at radius 3 is 2.58 bits per heavy atom. The molecule has 1 aromatic rings. The van der Waals surface area contributed by atoms with Crippen molar-refractivity contribution in [3.63, 3.8) is 0 Å². The van der Waals surface area contributed by atoms with Crippen LogP contribution in [0.5, 0.6) is 0 Å². The molecule has 1 rings (SSSR count). The first-order valence-electron chi connectivity index (χ1n) is 6.10. The maximum Gasteiger partial charge on any atom is 0.238 e. The number of hydrogen-bond donors (Lipinski definition) is 3. The second-order valence-electron chi connectivity index (χ2n) is 4.39. The highest BCUT2D eigenvalue weighted by Crippen LogP contribution is 2.17. The smallest absolute Gasteiger partial charge is 0.238 e. The molecule has 3 N–H and O–H groups in total. The van der Waals surface area contributed by atoms with Gasteiger partial charge in [0, 0.05) is 6.61 Å². The minimum atomic E-state index is -0.804. The number of rotatable bonds is 7. The van der Waals surface area contributed by atoms with Crippen molar-refractivity contribution in [2.75, 3.05) is 25.0 Å². The summed E-state index contributed by atoms with van der Waals surface area (Å²) >= 11 is 0. The van der Waals surface area contributed by atoms with Crippen LogP contribution in [0.2, 0.25) is 0 Å². The number of carbonyl (C=O) groups is 1. The fraction of sp³-hybridized carbons (Fsp3) is 0.462. The van der Waals surface area contributed by atoms with Crippen LogP contribution in [0.3, 0.4) is 0 Å². The molecule has 0 aromatic heterocycles. The van der Waals surface area contributed by atoms with E-state index in [0.29, 0.717) is 13.0 Å². The summed E-state index contributed by atoms with van der Waals surface area (Å²) in [6.07, 6.45) is 0.635. The highest BCUT2D eigenvalue weighted by molar-refractivity contribution is 5.92. The zero-order chi connectivity index (χ0) is 14.3. The molecule has 1 amide bonds. The maximum atomic E-state index is 13.3. The van der Waals surface area contributed by atoms with E-state index in [1.807, 2.05) is 6.92 Å². The van der Waals surface area contributed by atoms with E-state index < -0.39 is 23.2 Å². The quantitative estimate of drug-likeness (QED) is 0.705. The molecule has 0 saturated heterocycles. The van der Waals surface area contributed by atoms with E-state index in [1.54, 1.807) is 0 Å². The van der Waals surface area contributed by atoms with E-state index in [9.17, 15) is 13.6 Å². The van der Waals surface area contributed by atoms with Gasteiger partial charge in [-0.25, -0.2) is 8.78 Å². The van der Waals surface area contributed by atoms with Crippen LogP contribution in [-0.4, -0.2) is 30.7 Å². The molecular weight excluding hydrogens is 254 g/mol. The van der Waals surface area contributed by atoms with Crippen molar-refractivity contribution in [3.8, 4) is 0 Å². The van der Waals surface area contributed by atoms with Crippen LogP contribution in [0.1, 0.15) is 13.3 Å². The van der Waals surface area contributed by atoms with Crippen molar-refractivity contribution in [3.05, 3.63) is 29.8 Å². The van der Waals surface area contributed by atoms with E-state index in [0.717, 1.165) is 12.1 Å². The fourth-order valence-corrected chi connectivity index (χ4v) is 1.56. The van der Waals surface area contributed by atoms with Gasteiger partial charge in [-0.1, -0.05) is 13.0 Å². The van der Waals surface area contributed by atoms with Gasteiger partial charge in [0.2, 0.25) is 5.91 Å². The van der Waals surface area contributed by atoms with Gasteiger partial charge in [-0.3, -0.25) is 4.79 Å². The van der Waals surface area contributed by atoms with Gasteiger partial charge in [0.05, 0.1) is 6.54 Å². The van der Waals surface area contributed by atoms with Crippen molar-refractivity contribution >= 4 is 11.6 Å². The zero-order valence-electron chi connectivity index (χ0n) is 10.7. The molecule has 1 atom stereocenters. The van der Waals surface area contributed by atoms with Gasteiger partial charge in [-0.05, 0) is 31.0 Å². The predicted octanol–water partition coefficient (Wildman–Crippen LogP) is 1.51. The third-order valence-electron chi connectivity index (χ3n) is 2.63. The Bertz CT molecular complexity index is 407. The average molecular weight is 272 g/mol. The monoisotopic (exact) mass is 272 g/mol. The van der Waals surface area contributed by atoms with E-state index in [1.165, 1.54) is 6.07 Å². The van der Waals surface area contributed by atoms with Crippen LogP contribution in [0.15, 0.2) is 18.2 Å². The number of amides is 1. The molecule has 4 nitrogen and oxygen atoms in total. The molecule has 19 heavy (non-hydrogen) atoms. The molecule has 0 radical (unpaired) electrons. The molecule has 0 saturated carbocycles. The summed E-state index contributed by atoms with van der Waals surface area (Å²) < 4.78 is 26.5. The number of halogens is 2. The number of hydrogen-bond acceptors (Lipinski definition) is 3. The second kappa shape index (κ2) is 7.81. The first-order valence-corrected chi connectivity index (χ1v) is 6.10. The number of aliphatic hydroxyl groups excluding tert-OH is 1. The Kier molecular flexibility index (Phi) is 6.38.